The van der Waals surface area contributed by atoms with E-state index in [0.717, 1.165) is 34.2 Å². The van der Waals surface area contributed by atoms with Gasteiger partial charge in [-0.25, -0.2) is 32.3 Å². The number of carbonyl (C=O) groups excluding carboxylic acids is 1. The Morgan fingerprint density at radius 3 is 2.50 bits per heavy atom. The molecular weight excluding hydrogens is 477 g/mol. The number of urea groups is 1. The second-order valence-corrected chi connectivity index (χ2v) is 9.96. The molecule has 0 fully saturated rings. The normalized spacial score (nSPS) is 11.4. The lowest BCUT2D eigenvalue weighted by Crippen LogP contribution is -2.39. The summed E-state index contributed by atoms with van der Waals surface area (Å²) in [6.45, 7) is 2.37. The lowest BCUT2D eigenvalue weighted by Gasteiger charge is -2.11. The lowest BCUT2D eigenvalue weighted by molar-refractivity contribution is 0.245. The van der Waals surface area contributed by atoms with Crippen LogP contribution in [0.15, 0.2) is 65.1 Å². The van der Waals surface area contributed by atoms with E-state index in [-0.39, 0.29) is 10.7 Å². The molecular formula is C23H22FN5O3S2. The number of unbranched alkanes of at least 4 members (excludes halogenated alkanes) is 1. The maximum absolute atomic E-state index is 13.4. The van der Waals surface area contributed by atoms with E-state index in [4.69, 9.17) is 0 Å². The summed E-state index contributed by atoms with van der Waals surface area (Å²) in [5.74, 6) is 0.218. The van der Waals surface area contributed by atoms with E-state index in [1.165, 1.54) is 41.9 Å². The van der Waals surface area contributed by atoms with Crippen molar-refractivity contribution in [1.29, 1.82) is 0 Å². The maximum Gasteiger partial charge on any atom is 0.328 e. The highest BCUT2D eigenvalue weighted by atomic mass is 32.2. The van der Waals surface area contributed by atoms with Crippen LogP contribution < -0.4 is 15.4 Å². The fourth-order valence-corrected chi connectivity index (χ4v) is 5.11. The molecule has 2 aromatic carbocycles. The van der Waals surface area contributed by atoms with Crippen molar-refractivity contribution in [1.82, 2.24) is 20.0 Å². The molecule has 0 saturated carbocycles. The Labute approximate surface area is 200 Å². The highest BCUT2D eigenvalue weighted by molar-refractivity contribution is 7.90. The number of nitrogens with one attached hydrogen (secondary N) is 3. The SMILES string of the molecule is CCCCNC(=O)NS(=O)(=O)c1ccc(Nc2ncnc3scc(-c4ccc(F)cc4)c23)cc1. The molecule has 0 aliphatic heterocycles. The van der Waals surface area contributed by atoms with Crippen LogP contribution in [0.1, 0.15) is 19.8 Å². The lowest BCUT2D eigenvalue weighted by atomic mass is 10.1. The van der Waals surface area contributed by atoms with Crippen molar-refractivity contribution in [2.45, 2.75) is 24.7 Å². The highest BCUT2D eigenvalue weighted by Crippen LogP contribution is 2.37. The standard InChI is InChI=1S/C23H22FN5O3S2/c1-2-3-12-25-23(30)29-34(31,32)18-10-8-17(9-11-18)28-21-20-19(13-33-22(20)27-14-26-21)15-4-6-16(24)7-5-15/h4-11,13-14H,2-3,12H2,1H3,(H2,25,29,30)(H,26,27,28). The second-order valence-electron chi connectivity index (χ2n) is 7.42. The fraction of sp³-hybridized carbons (Fsp3) is 0.174. The maximum atomic E-state index is 13.4. The van der Waals surface area contributed by atoms with Crippen LogP contribution in [0.5, 0.6) is 0 Å². The van der Waals surface area contributed by atoms with Crippen LogP contribution in [0, 0.1) is 5.82 Å². The van der Waals surface area contributed by atoms with Gasteiger partial charge in [-0.2, -0.15) is 0 Å². The predicted octanol–water partition coefficient (Wildman–Crippen LogP) is 5.03. The van der Waals surface area contributed by atoms with Gasteiger partial charge in [-0.05, 0) is 48.4 Å². The molecule has 2 heterocycles. The van der Waals surface area contributed by atoms with E-state index >= 15 is 0 Å². The molecule has 0 radical (unpaired) electrons. The number of aromatic nitrogens is 2. The molecule has 11 heteroatoms. The van der Waals surface area contributed by atoms with Crippen molar-refractivity contribution in [3.8, 4) is 11.1 Å². The van der Waals surface area contributed by atoms with Crippen LogP contribution in [-0.4, -0.2) is 31.0 Å². The molecule has 3 N–H and O–H groups in total. The van der Waals surface area contributed by atoms with Gasteiger partial charge in [0.1, 0.15) is 22.8 Å². The number of halogens is 1. The van der Waals surface area contributed by atoms with Crippen molar-refractivity contribution in [2.75, 3.05) is 11.9 Å². The topological polar surface area (TPSA) is 113 Å². The third-order valence-electron chi connectivity index (χ3n) is 5.00. The number of rotatable bonds is 8. The van der Waals surface area contributed by atoms with E-state index in [2.05, 4.69) is 20.6 Å². The van der Waals surface area contributed by atoms with Gasteiger partial charge in [-0.3, -0.25) is 0 Å². The summed E-state index contributed by atoms with van der Waals surface area (Å²) in [5, 5.41) is 8.42. The van der Waals surface area contributed by atoms with Gasteiger partial charge in [0.25, 0.3) is 10.0 Å². The molecule has 8 nitrogen and oxygen atoms in total. The Balaban J connectivity index is 1.55. The number of fused-ring (bicyclic) bond motifs is 1. The first-order chi connectivity index (χ1) is 16.4. The van der Waals surface area contributed by atoms with Gasteiger partial charge < -0.3 is 10.6 Å². The molecule has 0 saturated heterocycles. The zero-order valence-electron chi connectivity index (χ0n) is 18.2. The molecule has 0 aliphatic carbocycles. The van der Waals surface area contributed by atoms with Gasteiger partial charge in [0.2, 0.25) is 0 Å². The summed E-state index contributed by atoms with van der Waals surface area (Å²) in [6, 6.07) is 11.4. The van der Waals surface area contributed by atoms with E-state index < -0.39 is 16.1 Å². The number of hydrogen-bond acceptors (Lipinski definition) is 7. The van der Waals surface area contributed by atoms with E-state index in [0.29, 0.717) is 18.1 Å². The fourth-order valence-electron chi connectivity index (χ4n) is 3.26. The highest BCUT2D eigenvalue weighted by Gasteiger charge is 2.18. The summed E-state index contributed by atoms with van der Waals surface area (Å²) in [7, 11) is -4.00. The number of anilines is 2. The zero-order valence-corrected chi connectivity index (χ0v) is 19.8. The molecule has 0 spiro atoms. The van der Waals surface area contributed by atoms with Crippen LogP contribution in [-0.2, 0) is 10.0 Å². The predicted molar refractivity (Wildman–Crippen MR) is 131 cm³/mol. The monoisotopic (exact) mass is 499 g/mol. The average Bonchev–Trinajstić information content (AvgIpc) is 3.25. The molecule has 34 heavy (non-hydrogen) atoms. The molecule has 0 unspecified atom stereocenters. The minimum absolute atomic E-state index is 0.0425. The quantitative estimate of drug-likeness (QED) is 0.293. The Morgan fingerprint density at radius 1 is 1.06 bits per heavy atom. The molecule has 2 aromatic heterocycles. The Bertz CT molecular complexity index is 1410. The van der Waals surface area contributed by atoms with Crippen LogP contribution >= 0.6 is 11.3 Å². The van der Waals surface area contributed by atoms with Crippen LogP contribution in [0.3, 0.4) is 0 Å². The summed E-state index contributed by atoms with van der Waals surface area (Å²) in [4.78, 5) is 21.2. The van der Waals surface area contributed by atoms with Crippen LogP contribution in [0.2, 0.25) is 0 Å². The average molecular weight is 500 g/mol. The van der Waals surface area contributed by atoms with Gasteiger partial charge in [-0.15, -0.1) is 11.3 Å². The largest absolute Gasteiger partial charge is 0.340 e. The van der Waals surface area contributed by atoms with Crippen LogP contribution in [0.25, 0.3) is 21.3 Å². The number of amides is 2. The number of hydrogen-bond donors (Lipinski definition) is 3. The van der Waals surface area contributed by atoms with Crippen LogP contribution in [0.4, 0.5) is 20.7 Å². The number of benzene rings is 2. The third-order valence-corrected chi connectivity index (χ3v) is 7.23. The Kier molecular flexibility index (Phi) is 7.03. The van der Waals surface area contributed by atoms with Gasteiger partial charge in [0.05, 0.1) is 10.3 Å². The second kappa shape index (κ2) is 10.1. The molecule has 2 amide bonds. The minimum atomic E-state index is -4.00. The first-order valence-electron chi connectivity index (χ1n) is 10.5. The summed E-state index contributed by atoms with van der Waals surface area (Å²) in [6.07, 6.45) is 3.09. The number of nitrogens with zero attached hydrogens (tertiary/aromatic N) is 2. The van der Waals surface area contributed by atoms with E-state index in [1.54, 1.807) is 24.3 Å². The molecule has 4 aromatic rings. The summed E-state index contributed by atoms with van der Waals surface area (Å²) >= 11 is 1.45. The van der Waals surface area contributed by atoms with Gasteiger partial charge >= 0.3 is 6.03 Å². The van der Waals surface area contributed by atoms with E-state index in [1.807, 2.05) is 17.0 Å². The number of carbonyl (C=O) groups is 1. The number of sulfonamides is 1. The van der Waals surface area contributed by atoms with Crippen molar-refractivity contribution >= 4 is 49.1 Å². The van der Waals surface area contributed by atoms with Gasteiger partial charge in [0, 0.05) is 23.2 Å². The molecule has 0 aliphatic rings. The molecule has 0 bridgehead atoms. The van der Waals surface area contributed by atoms with Crippen molar-refractivity contribution < 1.29 is 17.6 Å². The first-order valence-corrected chi connectivity index (χ1v) is 12.9. The molecule has 0 atom stereocenters. The summed E-state index contributed by atoms with van der Waals surface area (Å²) in [5.41, 5.74) is 2.29. The Morgan fingerprint density at radius 2 is 1.79 bits per heavy atom. The van der Waals surface area contributed by atoms with Crippen molar-refractivity contribution in [3.63, 3.8) is 0 Å². The van der Waals surface area contributed by atoms with Crippen molar-refractivity contribution in [2.24, 2.45) is 0 Å². The summed E-state index contributed by atoms with van der Waals surface area (Å²) < 4.78 is 40.3. The third kappa shape index (κ3) is 5.32. The number of thiophene rings is 1. The Hall–Kier alpha value is -3.57. The van der Waals surface area contributed by atoms with Gasteiger partial charge in [0.15, 0.2) is 0 Å². The first kappa shape index (κ1) is 23.6. The molecule has 176 valence electrons. The molecule has 4 rings (SSSR count). The van der Waals surface area contributed by atoms with Crippen molar-refractivity contribution in [3.05, 3.63) is 66.1 Å². The minimum Gasteiger partial charge on any atom is -0.340 e. The zero-order chi connectivity index (χ0) is 24.1. The van der Waals surface area contributed by atoms with Gasteiger partial charge in [-0.1, -0.05) is 25.5 Å². The smallest absolute Gasteiger partial charge is 0.328 e. The van der Waals surface area contributed by atoms with E-state index in [9.17, 15) is 17.6 Å².